The van der Waals surface area contributed by atoms with E-state index in [9.17, 15) is 10.1 Å². The highest BCUT2D eigenvalue weighted by Crippen LogP contribution is 2.21. The van der Waals surface area contributed by atoms with E-state index in [1.54, 1.807) is 6.07 Å². The molecule has 0 saturated carbocycles. The first-order valence-electron chi connectivity index (χ1n) is 6.54. The third kappa shape index (κ3) is 3.01. The van der Waals surface area contributed by atoms with Crippen LogP contribution in [0.4, 0.5) is 11.6 Å². The zero-order chi connectivity index (χ0) is 13.8. The van der Waals surface area contributed by atoms with Crippen molar-refractivity contribution in [2.24, 2.45) is 0 Å². The zero-order valence-electron chi connectivity index (χ0n) is 11.1. The Hall–Kier alpha value is -2.11. The van der Waals surface area contributed by atoms with Gasteiger partial charge in [0.25, 0.3) is 5.69 Å². The average molecular weight is 262 g/mol. The Balaban J connectivity index is 2.23. The van der Waals surface area contributed by atoms with Gasteiger partial charge in [-0.05, 0) is 18.9 Å². The van der Waals surface area contributed by atoms with Gasteiger partial charge in [0.15, 0.2) is 0 Å². The Morgan fingerprint density at radius 3 is 2.89 bits per heavy atom. The van der Waals surface area contributed by atoms with E-state index in [0.717, 1.165) is 24.8 Å². The molecule has 1 aromatic carbocycles. The number of fused-ring (bicyclic) bond motifs is 1. The maximum absolute atomic E-state index is 10.7. The van der Waals surface area contributed by atoms with Gasteiger partial charge in [-0.2, -0.15) is 0 Å². The van der Waals surface area contributed by atoms with E-state index in [-0.39, 0.29) is 5.69 Å². The highest BCUT2D eigenvalue weighted by molar-refractivity contribution is 5.79. The minimum atomic E-state index is -0.403. The molecular formula is C13H18N4O2. The number of benzene rings is 1. The van der Waals surface area contributed by atoms with Crippen LogP contribution in [0.3, 0.4) is 0 Å². The molecule has 2 N–H and O–H groups in total. The molecule has 0 bridgehead atoms. The summed E-state index contributed by atoms with van der Waals surface area (Å²) < 4.78 is 0. The largest absolute Gasteiger partial charge is 0.353 e. The minimum absolute atomic E-state index is 0.0725. The maximum Gasteiger partial charge on any atom is 0.271 e. The lowest BCUT2D eigenvalue weighted by Crippen LogP contribution is -2.18. The maximum atomic E-state index is 10.7. The van der Waals surface area contributed by atoms with Crippen molar-refractivity contribution in [3.8, 4) is 0 Å². The van der Waals surface area contributed by atoms with Crippen molar-refractivity contribution in [1.82, 2.24) is 9.97 Å². The molecule has 0 aliphatic rings. The highest BCUT2D eigenvalue weighted by Gasteiger charge is 2.11. The van der Waals surface area contributed by atoms with Crippen molar-refractivity contribution >= 4 is 22.7 Å². The summed E-state index contributed by atoms with van der Waals surface area (Å²) in [6.45, 7) is 4.27. The molecular weight excluding hydrogens is 244 g/mol. The molecule has 0 saturated heterocycles. The van der Waals surface area contributed by atoms with Gasteiger partial charge in [-0.3, -0.25) is 10.1 Å². The highest BCUT2D eigenvalue weighted by atomic mass is 16.6. The van der Waals surface area contributed by atoms with Gasteiger partial charge in [0.2, 0.25) is 5.95 Å². The van der Waals surface area contributed by atoms with Gasteiger partial charge in [-0.25, -0.2) is 4.98 Å². The number of nitrogens with zero attached hydrogens (tertiary/aromatic N) is 2. The molecule has 0 aliphatic heterocycles. The molecule has 6 nitrogen and oxygen atoms in total. The van der Waals surface area contributed by atoms with Gasteiger partial charge in [0.1, 0.15) is 0 Å². The molecule has 2 aromatic rings. The topological polar surface area (TPSA) is 83.8 Å². The van der Waals surface area contributed by atoms with Gasteiger partial charge in [0.05, 0.1) is 16.0 Å². The third-order valence-electron chi connectivity index (χ3n) is 3.15. The Labute approximate surface area is 111 Å². The summed E-state index contributed by atoms with van der Waals surface area (Å²) in [5, 5.41) is 14.0. The molecule has 102 valence electrons. The van der Waals surface area contributed by atoms with Gasteiger partial charge in [-0.1, -0.05) is 20.3 Å². The number of aromatic amines is 1. The van der Waals surface area contributed by atoms with Crippen molar-refractivity contribution in [3.63, 3.8) is 0 Å². The van der Waals surface area contributed by atoms with Crippen molar-refractivity contribution in [1.29, 1.82) is 0 Å². The molecule has 0 fully saturated rings. The third-order valence-corrected chi connectivity index (χ3v) is 3.15. The minimum Gasteiger partial charge on any atom is -0.353 e. The predicted octanol–water partition coefficient (Wildman–Crippen LogP) is 3.46. The summed E-state index contributed by atoms with van der Waals surface area (Å²) in [5.74, 6) is 0.677. The Bertz CT molecular complexity index is 579. The number of rotatable bonds is 6. The van der Waals surface area contributed by atoms with Crippen LogP contribution < -0.4 is 5.32 Å². The van der Waals surface area contributed by atoms with Gasteiger partial charge < -0.3 is 10.3 Å². The monoisotopic (exact) mass is 262 g/mol. The van der Waals surface area contributed by atoms with Crippen molar-refractivity contribution in [2.75, 3.05) is 5.32 Å². The normalized spacial score (nSPS) is 12.5. The number of non-ortho nitro benzene ring substituents is 1. The van der Waals surface area contributed by atoms with E-state index < -0.39 is 4.92 Å². The number of nitro benzene ring substituents is 1. The summed E-state index contributed by atoms with van der Waals surface area (Å²) in [5.41, 5.74) is 1.49. The first-order chi connectivity index (χ1) is 9.13. The smallest absolute Gasteiger partial charge is 0.271 e. The number of anilines is 1. The fourth-order valence-electron chi connectivity index (χ4n) is 2.10. The number of hydrogen-bond donors (Lipinski definition) is 2. The molecule has 0 aliphatic carbocycles. The SMILES string of the molecule is CCCC(CC)Nc1nc2ccc([N+](=O)[O-])cc2[nH]1. The Kier molecular flexibility index (Phi) is 3.99. The van der Waals surface area contributed by atoms with E-state index in [1.807, 2.05) is 0 Å². The first-order valence-corrected chi connectivity index (χ1v) is 6.54. The molecule has 2 rings (SSSR count). The summed E-state index contributed by atoms with van der Waals surface area (Å²) in [4.78, 5) is 17.8. The van der Waals surface area contributed by atoms with Crippen LogP contribution in [0.15, 0.2) is 18.2 Å². The number of nitrogens with one attached hydrogen (secondary N) is 2. The second-order valence-electron chi connectivity index (χ2n) is 4.58. The molecule has 1 heterocycles. The summed E-state index contributed by atoms with van der Waals surface area (Å²) in [6.07, 6.45) is 3.20. The lowest BCUT2D eigenvalue weighted by Gasteiger charge is -2.14. The van der Waals surface area contributed by atoms with E-state index in [2.05, 4.69) is 29.1 Å². The van der Waals surface area contributed by atoms with Gasteiger partial charge in [-0.15, -0.1) is 0 Å². The molecule has 1 aromatic heterocycles. The van der Waals surface area contributed by atoms with Crippen molar-refractivity contribution in [2.45, 2.75) is 39.2 Å². The van der Waals surface area contributed by atoms with Crippen molar-refractivity contribution < 1.29 is 4.92 Å². The number of hydrogen-bond acceptors (Lipinski definition) is 4. The quantitative estimate of drug-likeness (QED) is 0.616. The Morgan fingerprint density at radius 2 is 2.26 bits per heavy atom. The van der Waals surface area contributed by atoms with Crippen LogP contribution in [0.2, 0.25) is 0 Å². The van der Waals surface area contributed by atoms with Crippen LogP contribution in [0.1, 0.15) is 33.1 Å². The standard InChI is InChI=1S/C13H18N4O2/c1-3-5-9(4-2)14-13-15-11-7-6-10(17(18)19)8-12(11)16-13/h6-9H,3-5H2,1-2H3,(H2,14,15,16). The number of aromatic nitrogens is 2. The fourth-order valence-corrected chi connectivity index (χ4v) is 2.10. The van der Waals surface area contributed by atoms with Crippen LogP contribution in [0.25, 0.3) is 11.0 Å². The molecule has 0 radical (unpaired) electrons. The lowest BCUT2D eigenvalue weighted by molar-refractivity contribution is -0.384. The number of nitro groups is 1. The second kappa shape index (κ2) is 5.69. The summed E-state index contributed by atoms with van der Waals surface area (Å²) in [7, 11) is 0. The van der Waals surface area contributed by atoms with Crippen LogP contribution >= 0.6 is 0 Å². The second-order valence-corrected chi connectivity index (χ2v) is 4.58. The van der Waals surface area contributed by atoms with E-state index >= 15 is 0 Å². The van der Waals surface area contributed by atoms with Crippen molar-refractivity contribution in [3.05, 3.63) is 28.3 Å². The first kappa shape index (κ1) is 13.3. The number of imidazole rings is 1. The zero-order valence-corrected chi connectivity index (χ0v) is 11.1. The van der Waals surface area contributed by atoms with Crippen LogP contribution in [0, 0.1) is 10.1 Å². The lowest BCUT2D eigenvalue weighted by atomic mass is 10.1. The summed E-state index contributed by atoms with van der Waals surface area (Å²) in [6, 6.07) is 5.01. The van der Waals surface area contributed by atoms with Gasteiger partial charge >= 0.3 is 0 Å². The average Bonchev–Trinajstić information content (AvgIpc) is 2.79. The Morgan fingerprint density at radius 1 is 1.47 bits per heavy atom. The van der Waals surface area contributed by atoms with E-state index in [4.69, 9.17) is 0 Å². The molecule has 0 spiro atoms. The molecule has 19 heavy (non-hydrogen) atoms. The van der Waals surface area contributed by atoms with Crippen LogP contribution in [0.5, 0.6) is 0 Å². The van der Waals surface area contributed by atoms with Gasteiger partial charge in [0, 0.05) is 18.2 Å². The molecule has 6 heteroatoms. The summed E-state index contributed by atoms with van der Waals surface area (Å²) >= 11 is 0. The molecule has 1 atom stereocenters. The predicted molar refractivity (Wildman–Crippen MR) is 75.4 cm³/mol. The van der Waals surface area contributed by atoms with Crippen LogP contribution in [-0.2, 0) is 0 Å². The van der Waals surface area contributed by atoms with Crippen LogP contribution in [-0.4, -0.2) is 20.9 Å². The van der Waals surface area contributed by atoms with E-state index in [1.165, 1.54) is 12.1 Å². The number of H-pyrrole nitrogens is 1. The molecule has 0 amide bonds. The van der Waals surface area contributed by atoms with E-state index in [0.29, 0.717) is 17.5 Å². The fraction of sp³-hybridized carbons (Fsp3) is 0.462. The molecule has 1 unspecified atom stereocenters.